The van der Waals surface area contributed by atoms with E-state index in [0.717, 1.165) is 0 Å². The zero-order valence-corrected chi connectivity index (χ0v) is 11.0. The molecule has 1 aliphatic heterocycles. The number of sulfonamides is 1. The first-order valence-electron chi connectivity index (χ1n) is 4.76. The summed E-state index contributed by atoms with van der Waals surface area (Å²) in [6, 6.07) is 0. The largest absolute Gasteiger partial charge is 0.359 e. The highest BCUT2D eigenvalue weighted by Crippen LogP contribution is 2.20. The Hall–Kier alpha value is -0.140. The maximum atomic E-state index is 11.5. The first kappa shape index (κ1) is 12.9. The molecule has 1 rings (SSSR count). The highest BCUT2D eigenvalue weighted by atomic mass is 79.9. The minimum absolute atomic E-state index is 0.00545. The first-order valence-corrected chi connectivity index (χ1v) is 7.49. The van der Waals surface area contributed by atoms with Crippen LogP contribution in [0.2, 0.25) is 0 Å². The van der Waals surface area contributed by atoms with E-state index >= 15 is 0 Å². The third-order valence-electron chi connectivity index (χ3n) is 2.60. The van der Waals surface area contributed by atoms with Crippen LogP contribution in [0.25, 0.3) is 0 Å². The van der Waals surface area contributed by atoms with Gasteiger partial charge in [-0.2, -0.15) is 0 Å². The van der Waals surface area contributed by atoms with E-state index in [1.807, 2.05) is 0 Å². The fourth-order valence-corrected chi connectivity index (χ4v) is 3.44. The van der Waals surface area contributed by atoms with E-state index in [1.165, 1.54) is 4.31 Å². The highest BCUT2D eigenvalue weighted by Gasteiger charge is 2.29. The van der Waals surface area contributed by atoms with Crippen molar-refractivity contribution in [2.24, 2.45) is 5.92 Å². The first-order chi connectivity index (χ1) is 7.01. The van der Waals surface area contributed by atoms with Crippen LogP contribution in [0, 0.1) is 5.92 Å². The molecule has 1 amide bonds. The second kappa shape index (κ2) is 5.27. The molecule has 0 saturated carbocycles. The lowest BCUT2D eigenvalue weighted by atomic mass is 9.97. The Labute approximate surface area is 98.4 Å². The van der Waals surface area contributed by atoms with Crippen molar-refractivity contribution in [2.45, 2.75) is 12.8 Å². The Bertz CT molecular complexity index is 323. The fourth-order valence-electron chi connectivity index (χ4n) is 1.67. The van der Waals surface area contributed by atoms with Crippen molar-refractivity contribution in [2.75, 3.05) is 24.8 Å². The quantitative estimate of drug-likeness (QED) is 0.753. The lowest BCUT2D eigenvalue weighted by Gasteiger charge is -2.29. The Morgan fingerprint density at radius 1 is 1.47 bits per heavy atom. The topological polar surface area (TPSA) is 66.5 Å². The van der Waals surface area contributed by atoms with Gasteiger partial charge in [0, 0.05) is 26.1 Å². The van der Waals surface area contributed by atoms with E-state index < -0.39 is 10.0 Å². The minimum Gasteiger partial charge on any atom is -0.359 e. The molecule has 7 heteroatoms. The van der Waals surface area contributed by atoms with Crippen molar-refractivity contribution in [1.29, 1.82) is 0 Å². The summed E-state index contributed by atoms with van der Waals surface area (Å²) in [5.41, 5.74) is 0. The van der Waals surface area contributed by atoms with Gasteiger partial charge in [-0.15, -0.1) is 0 Å². The average Bonchev–Trinajstić information content (AvgIpc) is 2.28. The van der Waals surface area contributed by atoms with Gasteiger partial charge in [-0.05, 0) is 12.8 Å². The van der Waals surface area contributed by atoms with Crippen LogP contribution in [0.15, 0.2) is 0 Å². The number of nitrogens with zero attached hydrogens (tertiary/aromatic N) is 1. The number of amides is 1. The van der Waals surface area contributed by atoms with Crippen molar-refractivity contribution in [3.8, 4) is 0 Å². The average molecular weight is 299 g/mol. The monoisotopic (exact) mass is 298 g/mol. The van der Waals surface area contributed by atoms with Gasteiger partial charge in [0.2, 0.25) is 15.9 Å². The molecule has 15 heavy (non-hydrogen) atoms. The Kier molecular flexibility index (Phi) is 4.54. The number of hydrogen-bond acceptors (Lipinski definition) is 3. The summed E-state index contributed by atoms with van der Waals surface area (Å²) in [5.74, 6) is -0.0392. The molecule has 1 heterocycles. The molecule has 1 aliphatic rings. The third kappa shape index (κ3) is 3.15. The molecule has 0 aromatic carbocycles. The summed E-state index contributed by atoms with van der Waals surface area (Å²) in [6.45, 7) is 0.873. The van der Waals surface area contributed by atoms with Crippen LogP contribution >= 0.6 is 15.9 Å². The van der Waals surface area contributed by atoms with Gasteiger partial charge in [0.1, 0.15) is 4.66 Å². The maximum absolute atomic E-state index is 11.5. The summed E-state index contributed by atoms with van der Waals surface area (Å²) in [4.78, 5) is 11.3. The second-order valence-electron chi connectivity index (χ2n) is 3.51. The Balaban J connectivity index is 2.53. The number of alkyl halides is 1. The van der Waals surface area contributed by atoms with E-state index in [1.54, 1.807) is 7.05 Å². The van der Waals surface area contributed by atoms with Crippen LogP contribution < -0.4 is 5.32 Å². The molecule has 0 aromatic heterocycles. The lowest BCUT2D eigenvalue weighted by molar-refractivity contribution is -0.125. The van der Waals surface area contributed by atoms with Crippen LogP contribution in [0.1, 0.15) is 12.8 Å². The van der Waals surface area contributed by atoms with Crippen LogP contribution in [0.3, 0.4) is 0 Å². The molecule has 0 aliphatic carbocycles. The van der Waals surface area contributed by atoms with Crippen LogP contribution in [0.4, 0.5) is 0 Å². The molecule has 88 valence electrons. The number of carbonyl (C=O) groups is 1. The van der Waals surface area contributed by atoms with Crippen LogP contribution in [-0.4, -0.2) is 43.4 Å². The van der Waals surface area contributed by atoms with Crippen LogP contribution in [-0.2, 0) is 14.8 Å². The Morgan fingerprint density at radius 2 is 2.00 bits per heavy atom. The van der Waals surface area contributed by atoms with Crippen molar-refractivity contribution in [1.82, 2.24) is 9.62 Å². The van der Waals surface area contributed by atoms with Gasteiger partial charge in [0.05, 0.1) is 0 Å². The summed E-state index contributed by atoms with van der Waals surface area (Å²) in [7, 11) is -1.56. The second-order valence-corrected chi connectivity index (χ2v) is 6.78. The standard InChI is InChI=1S/C8H15BrN2O3S/c1-10-8(12)7-2-4-11(5-3-7)15(13,14)6-9/h7H,2-6H2,1H3,(H,10,12). The number of rotatable bonds is 3. The van der Waals surface area contributed by atoms with E-state index in [0.29, 0.717) is 25.9 Å². The molecule has 1 fully saturated rings. The van der Waals surface area contributed by atoms with Gasteiger partial charge in [-0.25, -0.2) is 12.7 Å². The third-order valence-corrected chi connectivity index (χ3v) is 5.77. The molecule has 0 aromatic rings. The summed E-state index contributed by atoms with van der Waals surface area (Å²) in [6.07, 6.45) is 1.21. The normalized spacial score (nSPS) is 20.1. The zero-order valence-electron chi connectivity index (χ0n) is 8.57. The maximum Gasteiger partial charge on any atom is 0.224 e. The van der Waals surface area contributed by atoms with Gasteiger partial charge in [-0.3, -0.25) is 4.79 Å². The Morgan fingerprint density at radius 3 is 2.40 bits per heavy atom. The van der Waals surface area contributed by atoms with Crippen molar-refractivity contribution < 1.29 is 13.2 Å². The number of carbonyl (C=O) groups excluding carboxylic acids is 1. The molecular formula is C8H15BrN2O3S. The van der Waals surface area contributed by atoms with Crippen molar-refractivity contribution in [3.63, 3.8) is 0 Å². The van der Waals surface area contributed by atoms with Gasteiger partial charge in [0.25, 0.3) is 0 Å². The van der Waals surface area contributed by atoms with E-state index in [2.05, 4.69) is 21.2 Å². The number of piperidine rings is 1. The molecule has 0 spiro atoms. The number of nitrogens with one attached hydrogen (secondary N) is 1. The highest BCUT2D eigenvalue weighted by molar-refractivity contribution is 9.10. The van der Waals surface area contributed by atoms with E-state index in [9.17, 15) is 13.2 Å². The molecule has 1 N–H and O–H groups in total. The summed E-state index contributed by atoms with van der Waals surface area (Å²) >= 11 is 2.96. The fraction of sp³-hybridized carbons (Fsp3) is 0.875. The molecule has 1 saturated heterocycles. The van der Waals surface area contributed by atoms with E-state index in [-0.39, 0.29) is 16.5 Å². The molecule has 0 bridgehead atoms. The van der Waals surface area contributed by atoms with Crippen LogP contribution in [0.5, 0.6) is 0 Å². The molecule has 0 unspecified atom stereocenters. The van der Waals surface area contributed by atoms with Crippen molar-refractivity contribution >= 4 is 31.9 Å². The molecule has 5 nitrogen and oxygen atoms in total. The summed E-state index contributed by atoms with van der Waals surface area (Å²) < 4.78 is 24.3. The summed E-state index contributed by atoms with van der Waals surface area (Å²) in [5, 5.41) is 2.59. The molecular weight excluding hydrogens is 284 g/mol. The lowest BCUT2D eigenvalue weighted by Crippen LogP contribution is -2.42. The molecule has 0 radical (unpaired) electrons. The van der Waals surface area contributed by atoms with Crippen molar-refractivity contribution in [3.05, 3.63) is 0 Å². The SMILES string of the molecule is CNC(=O)C1CCN(S(=O)(=O)CBr)CC1. The number of hydrogen-bond donors (Lipinski definition) is 1. The van der Waals surface area contributed by atoms with Gasteiger partial charge >= 0.3 is 0 Å². The van der Waals surface area contributed by atoms with E-state index in [4.69, 9.17) is 0 Å². The molecule has 0 atom stereocenters. The minimum atomic E-state index is -3.16. The van der Waals surface area contributed by atoms with Gasteiger partial charge < -0.3 is 5.32 Å². The number of halogens is 1. The van der Waals surface area contributed by atoms with Gasteiger partial charge in [-0.1, -0.05) is 15.9 Å². The predicted molar refractivity (Wildman–Crippen MR) is 61.1 cm³/mol. The zero-order chi connectivity index (χ0) is 11.5. The smallest absolute Gasteiger partial charge is 0.224 e. The van der Waals surface area contributed by atoms with Gasteiger partial charge in [0.15, 0.2) is 0 Å². The predicted octanol–water partition coefficient (Wildman–Crippen LogP) is 0.127.